The number of fused-ring (bicyclic) bond motifs is 2. The van der Waals surface area contributed by atoms with Crippen molar-refractivity contribution < 1.29 is 23.8 Å². The van der Waals surface area contributed by atoms with Crippen LogP contribution in [0.15, 0.2) is 42.5 Å². The second-order valence-electron chi connectivity index (χ2n) is 8.56. The van der Waals surface area contributed by atoms with Crippen molar-refractivity contribution >= 4 is 5.91 Å². The summed E-state index contributed by atoms with van der Waals surface area (Å²) in [6.07, 6.45) is 4.12. The first kappa shape index (κ1) is 21.7. The van der Waals surface area contributed by atoms with E-state index in [1.54, 1.807) is 6.07 Å². The topological polar surface area (TPSA) is 64.0 Å². The largest absolute Gasteiger partial charge is 0.508 e. The predicted molar refractivity (Wildman–Crippen MR) is 112 cm³/mol. The van der Waals surface area contributed by atoms with Crippen LogP contribution in [0.25, 0.3) is 0 Å². The SMILES string of the molecule is O=C(CO)N(CCN1[C@@H]2CC[C@H]1CC(c1cccc(O)c1)C2)Cc1c(F)cccc1F. The second kappa shape index (κ2) is 9.32. The Bertz CT molecular complexity index is 905. The zero-order chi connectivity index (χ0) is 22.0. The molecule has 0 spiro atoms. The standard InChI is InChI=1S/C24H28F2N2O3/c25-22-5-2-6-23(26)21(22)14-27(24(31)15-29)9-10-28-18-7-8-19(28)12-17(11-18)16-3-1-4-20(30)13-16/h1-6,13,17-19,29-30H,7-12,14-15H2/t17?,18-,19+. The molecule has 0 saturated carbocycles. The highest BCUT2D eigenvalue weighted by Crippen LogP contribution is 2.43. The molecule has 0 aliphatic carbocycles. The highest BCUT2D eigenvalue weighted by atomic mass is 19.1. The minimum absolute atomic E-state index is 0.158. The Morgan fingerprint density at radius 1 is 1.06 bits per heavy atom. The van der Waals surface area contributed by atoms with Gasteiger partial charge in [-0.15, -0.1) is 0 Å². The number of rotatable bonds is 7. The molecule has 2 N–H and O–H groups in total. The molecule has 2 aliphatic rings. The first-order chi connectivity index (χ1) is 15.0. The molecule has 4 rings (SSSR count). The number of aliphatic hydroxyl groups excluding tert-OH is 1. The lowest BCUT2D eigenvalue weighted by atomic mass is 9.85. The number of amides is 1. The first-order valence-electron chi connectivity index (χ1n) is 10.8. The molecular weight excluding hydrogens is 402 g/mol. The minimum atomic E-state index is -0.692. The summed E-state index contributed by atoms with van der Waals surface area (Å²) in [5.74, 6) is -1.25. The third-order valence-corrected chi connectivity index (χ3v) is 6.75. The van der Waals surface area contributed by atoms with Crippen molar-refractivity contribution in [2.75, 3.05) is 19.7 Å². The monoisotopic (exact) mass is 430 g/mol. The number of halogens is 2. The summed E-state index contributed by atoms with van der Waals surface area (Å²) in [6.45, 7) is 0.0103. The van der Waals surface area contributed by atoms with Gasteiger partial charge in [0.1, 0.15) is 24.0 Å². The van der Waals surface area contributed by atoms with Crippen molar-refractivity contribution in [3.05, 3.63) is 65.2 Å². The molecule has 0 aromatic heterocycles. The summed E-state index contributed by atoms with van der Waals surface area (Å²) in [4.78, 5) is 16.0. The molecule has 0 radical (unpaired) electrons. The Balaban J connectivity index is 1.42. The number of carbonyl (C=O) groups is 1. The number of carbonyl (C=O) groups excluding carboxylic acids is 1. The summed E-state index contributed by atoms with van der Waals surface area (Å²) in [5.41, 5.74) is 0.999. The number of piperidine rings is 1. The molecule has 2 fully saturated rings. The molecule has 2 heterocycles. The second-order valence-corrected chi connectivity index (χ2v) is 8.56. The molecule has 1 amide bonds. The summed E-state index contributed by atoms with van der Waals surface area (Å²) in [7, 11) is 0. The molecule has 5 nitrogen and oxygen atoms in total. The number of nitrogens with zero attached hydrogens (tertiary/aromatic N) is 2. The average molecular weight is 430 g/mol. The van der Waals surface area contributed by atoms with Gasteiger partial charge in [-0.3, -0.25) is 9.69 Å². The molecule has 7 heteroatoms. The maximum Gasteiger partial charge on any atom is 0.248 e. The number of phenolic OH excluding ortho intramolecular Hbond substituents is 1. The third kappa shape index (κ3) is 4.72. The van der Waals surface area contributed by atoms with Crippen LogP contribution in [0, 0.1) is 11.6 Å². The van der Waals surface area contributed by atoms with Gasteiger partial charge in [0.15, 0.2) is 0 Å². The van der Waals surface area contributed by atoms with E-state index in [-0.39, 0.29) is 17.9 Å². The summed E-state index contributed by atoms with van der Waals surface area (Å²) < 4.78 is 28.1. The fraction of sp³-hybridized carbons (Fsp3) is 0.458. The van der Waals surface area contributed by atoms with Gasteiger partial charge in [-0.1, -0.05) is 18.2 Å². The fourth-order valence-electron chi connectivity index (χ4n) is 5.19. The van der Waals surface area contributed by atoms with E-state index < -0.39 is 24.1 Å². The minimum Gasteiger partial charge on any atom is -0.508 e. The lowest BCUT2D eigenvalue weighted by Crippen LogP contribution is -2.47. The van der Waals surface area contributed by atoms with Crippen LogP contribution >= 0.6 is 0 Å². The van der Waals surface area contributed by atoms with Crippen molar-refractivity contribution in [3.63, 3.8) is 0 Å². The van der Waals surface area contributed by atoms with Gasteiger partial charge in [-0.25, -0.2) is 8.78 Å². The first-order valence-corrected chi connectivity index (χ1v) is 10.8. The number of hydrogen-bond donors (Lipinski definition) is 2. The summed E-state index contributed by atoms with van der Waals surface area (Å²) in [6, 6.07) is 11.8. The quantitative estimate of drug-likeness (QED) is 0.707. The normalized spacial score (nSPS) is 23.1. The van der Waals surface area contributed by atoms with E-state index in [0.29, 0.717) is 31.1 Å². The molecule has 2 saturated heterocycles. The van der Waals surface area contributed by atoms with Gasteiger partial charge in [0.05, 0.1) is 6.54 Å². The van der Waals surface area contributed by atoms with Crippen molar-refractivity contribution in [2.45, 2.75) is 50.2 Å². The molecule has 1 unspecified atom stereocenters. The van der Waals surface area contributed by atoms with Crippen LogP contribution in [0.5, 0.6) is 5.75 Å². The lowest BCUT2D eigenvalue weighted by Gasteiger charge is -2.40. The zero-order valence-corrected chi connectivity index (χ0v) is 17.4. The Morgan fingerprint density at radius 3 is 2.32 bits per heavy atom. The number of aromatic hydroxyl groups is 1. The van der Waals surface area contributed by atoms with Crippen LogP contribution in [0.1, 0.15) is 42.7 Å². The van der Waals surface area contributed by atoms with E-state index in [4.69, 9.17) is 0 Å². The van der Waals surface area contributed by atoms with Crippen LogP contribution in [-0.2, 0) is 11.3 Å². The van der Waals surface area contributed by atoms with Crippen molar-refractivity contribution in [3.8, 4) is 5.75 Å². The average Bonchev–Trinajstić information content (AvgIpc) is 2.99. The molecule has 2 aliphatic heterocycles. The Labute approximate surface area is 180 Å². The summed E-state index contributed by atoms with van der Waals surface area (Å²) in [5, 5.41) is 19.1. The van der Waals surface area contributed by atoms with Gasteiger partial charge in [0, 0.05) is 30.7 Å². The highest BCUT2D eigenvalue weighted by molar-refractivity contribution is 5.77. The van der Waals surface area contributed by atoms with E-state index in [2.05, 4.69) is 11.0 Å². The molecule has 3 atom stereocenters. The molecular formula is C24H28F2N2O3. The van der Waals surface area contributed by atoms with Crippen LogP contribution in [0.3, 0.4) is 0 Å². The van der Waals surface area contributed by atoms with E-state index in [9.17, 15) is 23.8 Å². The Morgan fingerprint density at radius 2 is 1.71 bits per heavy atom. The number of phenols is 1. The molecule has 2 aromatic rings. The molecule has 2 aromatic carbocycles. The third-order valence-electron chi connectivity index (χ3n) is 6.75. The van der Waals surface area contributed by atoms with Gasteiger partial charge >= 0.3 is 0 Å². The molecule has 31 heavy (non-hydrogen) atoms. The van der Waals surface area contributed by atoms with E-state index >= 15 is 0 Å². The fourth-order valence-corrected chi connectivity index (χ4v) is 5.19. The highest BCUT2D eigenvalue weighted by Gasteiger charge is 2.41. The van der Waals surface area contributed by atoms with Crippen molar-refractivity contribution in [1.82, 2.24) is 9.80 Å². The van der Waals surface area contributed by atoms with E-state index in [0.717, 1.165) is 31.2 Å². The van der Waals surface area contributed by atoms with E-state index in [1.165, 1.54) is 23.1 Å². The van der Waals surface area contributed by atoms with Crippen LogP contribution < -0.4 is 0 Å². The summed E-state index contributed by atoms with van der Waals surface area (Å²) >= 11 is 0. The number of aliphatic hydroxyl groups is 1. The van der Waals surface area contributed by atoms with Gasteiger partial charge in [0.2, 0.25) is 5.91 Å². The maximum atomic E-state index is 14.1. The van der Waals surface area contributed by atoms with Crippen molar-refractivity contribution in [2.24, 2.45) is 0 Å². The van der Waals surface area contributed by atoms with Crippen LogP contribution in [-0.4, -0.2) is 57.7 Å². The molecule has 2 bridgehead atoms. The lowest BCUT2D eigenvalue weighted by molar-refractivity contribution is -0.135. The Hall–Kier alpha value is -2.51. The van der Waals surface area contributed by atoms with Crippen molar-refractivity contribution in [1.29, 1.82) is 0 Å². The van der Waals surface area contributed by atoms with Gasteiger partial charge in [-0.05, 0) is 61.4 Å². The van der Waals surface area contributed by atoms with Gasteiger partial charge < -0.3 is 15.1 Å². The van der Waals surface area contributed by atoms with Gasteiger partial charge in [-0.2, -0.15) is 0 Å². The smallest absolute Gasteiger partial charge is 0.248 e. The van der Waals surface area contributed by atoms with Crippen LogP contribution in [0.4, 0.5) is 8.78 Å². The number of benzene rings is 2. The zero-order valence-electron chi connectivity index (χ0n) is 17.4. The maximum absolute atomic E-state index is 14.1. The van der Waals surface area contributed by atoms with Crippen LogP contribution in [0.2, 0.25) is 0 Å². The van der Waals surface area contributed by atoms with Gasteiger partial charge in [0.25, 0.3) is 0 Å². The number of hydrogen-bond acceptors (Lipinski definition) is 4. The molecule has 166 valence electrons. The Kier molecular flexibility index (Phi) is 6.53. The van der Waals surface area contributed by atoms with E-state index in [1.807, 2.05) is 12.1 Å². The predicted octanol–water partition coefficient (Wildman–Crippen LogP) is 3.40.